The van der Waals surface area contributed by atoms with Crippen LogP contribution in [0.25, 0.3) is 0 Å². The Kier molecular flexibility index (Phi) is 7.77. The van der Waals surface area contributed by atoms with Gasteiger partial charge in [0.25, 0.3) is 11.8 Å². The molecule has 9 nitrogen and oxygen atoms in total. The maximum Gasteiger partial charge on any atom is 0.276 e. The number of hydrazine groups is 1. The van der Waals surface area contributed by atoms with Crippen LogP contribution < -0.4 is 29.7 Å². The third-order valence-corrected chi connectivity index (χ3v) is 6.72. The monoisotopic (exact) mass is 629 g/mol. The summed E-state index contributed by atoms with van der Waals surface area (Å²) in [5, 5.41) is 4.73. The molecule has 0 radical (unpaired) electrons. The number of carbonyl (C=O) groups excluding carboxylic acids is 2. The van der Waals surface area contributed by atoms with Crippen LogP contribution in [0.15, 0.2) is 54.6 Å². The van der Waals surface area contributed by atoms with Crippen molar-refractivity contribution in [2.75, 3.05) is 25.3 Å². The Labute approximate surface area is 234 Å². The van der Waals surface area contributed by atoms with Gasteiger partial charge in [-0.1, -0.05) is 13.8 Å². The Morgan fingerprint density at radius 3 is 2.63 bits per heavy atom. The molecule has 0 bridgehead atoms. The highest BCUT2D eigenvalue weighted by molar-refractivity contribution is 14.1. The van der Waals surface area contributed by atoms with Gasteiger partial charge in [-0.25, -0.2) is 5.01 Å². The first-order valence-electron chi connectivity index (χ1n) is 12.5. The van der Waals surface area contributed by atoms with Crippen LogP contribution in [0, 0.1) is 3.57 Å². The van der Waals surface area contributed by atoms with Crippen molar-refractivity contribution < 1.29 is 28.5 Å². The van der Waals surface area contributed by atoms with E-state index in [1.807, 2.05) is 44.2 Å². The standard InChI is InChI=1S/C28H28IN3O6/c1-3-11-35-19-7-8-20(24(15-19)36-12-4-2)26-30-22-9-6-18(29)14-21(22)28(34)32(26)31-27(33)17-5-10-23-25(13-17)38-16-37-23/h5-10,13-15,26,30H,3-4,11-12,16H2,1-2H3,(H,31,33). The van der Waals surface area contributed by atoms with Crippen molar-refractivity contribution in [1.82, 2.24) is 10.4 Å². The van der Waals surface area contributed by atoms with Crippen LogP contribution in [0.3, 0.4) is 0 Å². The number of nitrogens with zero attached hydrogens (tertiary/aromatic N) is 1. The van der Waals surface area contributed by atoms with Gasteiger partial charge in [0, 0.05) is 26.5 Å². The Morgan fingerprint density at radius 2 is 1.82 bits per heavy atom. The molecule has 198 valence electrons. The van der Waals surface area contributed by atoms with E-state index in [1.165, 1.54) is 5.01 Å². The van der Waals surface area contributed by atoms with Crippen LogP contribution >= 0.6 is 22.6 Å². The average molecular weight is 629 g/mol. The fraction of sp³-hybridized carbons (Fsp3) is 0.286. The second-order valence-electron chi connectivity index (χ2n) is 8.82. The molecule has 3 aromatic rings. The molecule has 2 aliphatic rings. The van der Waals surface area contributed by atoms with Gasteiger partial charge in [0.2, 0.25) is 6.79 Å². The number of nitrogens with one attached hydrogen (secondary N) is 2. The zero-order valence-corrected chi connectivity index (χ0v) is 23.2. The number of anilines is 1. The Hall–Kier alpha value is -3.67. The summed E-state index contributed by atoms with van der Waals surface area (Å²) in [5.74, 6) is 1.49. The number of benzene rings is 3. The van der Waals surface area contributed by atoms with E-state index in [9.17, 15) is 9.59 Å². The predicted molar refractivity (Wildman–Crippen MR) is 150 cm³/mol. The summed E-state index contributed by atoms with van der Waals surface area (Å²) in [6, 6.07) is 16.0. The van der Waals surface area contributed by atoms with E-state index >= 15 is 0 Å². The van der Waals surface area contributed by atoms with Gasteiger partial charge in [-0.05, 0) is 84.0 Å². The third-order valence-electron chi connectivity index (χ3n) is 6.05. The van der Waals surface area contributed by atoms with Gasteiger partial charge in [-0.2, -0.15) is 0 Å². The minimum Gasteiger partial charge on any atom is -0.493 e. The van der Waals surface area contributed by atoms with Gasteiger partial charge in [0.15, 0.2) is 17.7 Å². The number of halogens is 1. The number of fused-ring (bicyclic) bond motifs is 2. The van der Waals surface area contributed by atoms with Gasteiger partial charge in [-0.3, -0.25) is 15.0 Å². The summed E-state index contributed by atoms with van der Waals surface area (Å²) >= 11 is 2.16. The molecule has 1 atom stereocenters. The van der Waals surface area contributed by atoms with Crippen LogP contribution in [0.2, 0.25) is 0 Å². The summed E-state index contributed by atoms with van der Waals surface area (Å²) in [4.78, 5) is 27.2. The molecule has 0 spiro atoms. The lowest BCUT2D eigenvalue weighted by molar-refractivity contribution is 0.0487. The lowest BCUT2D eigenvalue weighted by Gasteiger charge is -2.38. The van der Waals surface area contributed by atoms with Crippen LogP contribution in [0.1, 0.15) is 59.1 Å². The fourth-order valence-electron chi connectivity index (χ4n) is 4.21. The second-order valence-corrected chi connectivity index (χ2v) is 10.1. The topological polar surface area (TPSA) is 98.4 Å². The minimum atomic E-state index is -0.736. The minimum absolute atomic E-state index is 0.102. The van der Waals surface area contributed by atoms with E-state index in [1.54, 1.807) is 24.3 Å². The van der Waals surface area contributed by atoms with Crippen molar-refractivity contribution in [2.24, 2.45) is 0 Å². The number of amides is 2. The van der Waals surface area contributed by atoms with E-state index in [-0.39, 0.29) is 12.7 Å². The summed E-state index contributed by atoms with van der Waals surface area (Å²) in [6.07, 6.45) is 0.948. The quantitative estimate of drug-likeness (QED) is 0.302. The van der Waals surface area contributed by atoms with Crippen LogP contribution in [0.4, 0.5) is 5.69 Å². The predicted octanol–water partition coefficient (Wildman–Crippen LogP) is 5.51. The molecule has 2 N–H and O–H groups in total. The smallest absolute Gasteiger partial charge is 0.276 e. The van der Waals surface area contributed by atoms with E-state index in [0.717, 1.165) is 16.4 Å². The highest BCUT2D eigenvalue weighted by Crippen LogP contribution is 2.39. The first-order chi connectivity index (χ1) is 18.5. The van der Waals surface area contributed by atoms with Crippen molar-refractivity contribution >= 4 is 40.1 Å². The number of ether oxygens (including phenoxy) is 4. The van der Waals surface area contributed by atoms with Gasteiger partial charge >= 0.3 is 0 Å². The molecule has 3 aromatic carbocycles. The molecule has 0 saturated carbocycles. The molecule has 1 unspecified atom stereocenters. The lowest BCUT2D eigenvalue weighted by atomic mass is 10.0. The zero-order valence-electron chi connectivity index (χ0n) is 21.1. The van der Waals surface area contributed by atoms with E-state index in [4.69, 9.17) is 18.9 Å². The molecular formula is C28H28IN3O6. The first-order valence-corrected chi connectivity index (χ1v) is 13.6. The van der Waals surface area contributed by atoms with Crippen molar-refractivity contribution in [3.63, 3.8) is 0 Å². The molecule has 2 amide bonds. The van der Waals surface area contributed by atoms with E-state index in [0.29, 0.717) is 58.6 Å². The van der Waals surface area contributed by atoms with Gasteiger partial charge < -0.3 is 24.3 Å². The summed E-state index contributed by atoms with van der Waals surface area (Å²) < 4.78 is 23.6. The van der Waals surface area contributed by atoms with Crippen molar-refractivity contribution in [1.29, 1.82) is 0 Å². The molecule has 5 rings (SSSR count). The van der Waals surface area contributed by atoms with E-state index < -0.39 is 12.1 Å². The number of hydrogen-bond donors (Lipinski definition) is 2. The van der Waals surface area contributed by atoms with Gasteiger partial charge in [-0.15, -0.1) is 0 Å². The van der Waals surface area contributed by atoms with Crippen LogP contribution in [-0.4, -0.2) is 36.8 Å². The third kappa shape index (κ3) is 5.31. The maximum absolute atomic E-state index is 13.8. The highest BCUT2D eigenvalue weighted by Gasteiger charge is 2.36. The normalized spacial score (nSPS) is 15.5. The Balaban J connectivity index is 1.52. The number of hydrogen-bond acceptors (Lipinski definition) is 7. The Bertz CT molecular complexity index is 1360. The van der Waals surface area contributed by atoms with Crippen molar-refractivity contribution in [3.8, 4) is 23.0 Å². The van der Waals surface area contributed by atoms with E-state index in [2.05, 4.69) is 33.3 Å². The highest BCUT2D eigenvalue weighted by atomic mass is 127. The molecule has 10 heteroatoms. The second kappa shape index (κ2) is 11.4. The molecule has 0 fully saturated rings. The molecule has 2 heterocycles. The lowest BCUT2D eigenvalue weighted by Crippen LogP contribution is -2.53. The molecule has 38 heavy (non-hydrogen) atoms. The summed E-state index contributed by atoms with van der Waals surface area (Å²) in [6.45, 7) is 5.24. The summed E-state index contributed by atoms with van der Waals surface area (Å²) in [5.41, 5.74) is 4.96. The first kappa shape index (κ1) is 26.0. The van der Waals surface area contributed by atoms with Crippen LogP contribution in [-0.2, 0) is 0 Å². The number of rotatable bonds is 9. The largest absolute Gasteiger partial charge is 0.493 e. The molecule has 0 aliphatic carbocycles. The van der Waals surface area contributed by atoms with Crippen LogP contribution in [0.5, 0.6) is 23.0 Å². The Morgan fingerprint density at radius 1 is 1.03 bits per heavy atom. The molecular weight excluding hydrogens is 601 g/mol. The molecule has 2 aliphatic heterocycles. The fourth-order valence-corrected chi connectivity index (χ4v) is 4.70. The maximum atomic E-state index is 13.8. The molecule has 0 aromatic heterocycles. The number of carbonyl (C=O) groups is 2. The average Bonchev–Trinajstić information content (AvgIpc) is 3.40. The SMILES string of the molecule is CCCOc1ccc(C2Nc3ccc(I)cc3C(=O)N2NC(=O)c2ccc3c(c2)OCO3)c(OCCC)c1. The van der Waals surface area contributed by atoms with Gasteiger partial charge in [0.1, 0.15) is 11.5 Å². The van der Waals surface area contributed by atoms with Crippen molar-refractivity contribution in [2.45, 2.75) is 32.9 Å². The van der Waals surface area contributed by atoms with Gasteiger partial charge in [0.05, 0.1) is 18.8 Å². The molecule has 0 saturated heterocycles. The summed E-state index contributed by atoms with van der Waals surface area (Å²) in [7, 11) is 0. The zero-order chi connectivity index (χ0) is 26.6. The van der Waals surface area contributed by atoms with Crippen molar-refractivity contribution in [3.05, 3.63) is 74.9 Å².